The van der Waals surface area contributed by atoms with Crippen molar-refractivity contribution in [1.29, 1.82) is 0 Å². The van der Waals surface area contributed by atoms with Crippen molar-refractivity contribution in [2.75, 3.05) is 19.1 Å². The minimum Gasteiger partial charge on any atom is -0.507 e. The Morgan fingerprint density at radius 3 is 2.26 bits per heavy atom. The zero-order valence-corrected chi connectivity index (χ0v) is 20.5. The van der Waals surface area contributed by atoms with Gasteiger partial charge >= 0.3 is 0 Å². The molecule has 4 rings (SSSR count). The van der Waals surface area contributed by atoms with E-state index >= 15 is 0 Å². The molecule has 0 spiro atoms. The Balaban J connectivity index is 1.94. The number of amides is 1. The zero-order valence-electron chi connectivity index (χ0n) is 20.5. The van der Waals surface area contributed by atoms with Crippen molar-refractivity contribution in [2.45, 2.75) is 32.7 Å². The fourth-order valence-corrected chi connectivity index (χ4v) is 4.47. The molecule has 0 aromatic heterocycles. The van der Waals surface area contributed by atoms with E-state index in [-0.39, 0.29) is 17.3 Å². The number of anilines is 1. The van der Waals surface area contributed by atoms with Crippen LogP contribution in [-0.2, 0) is 9.59 Å². The average Bonchev–Trinajstić information content (AvgIpc) is 3.13. The monoisotopic (exact) mass is 471 g/mol. The molecule has 1 unspecified atom stereocenters. The summed E-state index contributed by atoms with van der Waals surface area (Å²) in [4.78, 5) is 28.2. The van der Waals surface area contributed by atoms with Gasteiger partial charge in [-0.2, -0.15) is 0 Å². The Morgan fingerprint density at radius 1 is 0.943 bits per heavy atom. The maximum atomic E-state index is 13.4. The lowest BCUT2D eigenvalue weighted by Gasteiger charge is -2.26. The van der Waals surface area contributed by atoms with Crippen LogP contribution in [0.1, 0.15) is 48.1 Å². The lowest BCUT2D eigenvalue weighted by atomic mass is 9.93. The van der Waals surface area contributed by atoms with Gasteiger partial charge in [0.15, 0.2) is 0 Å². The molecule has 1 aliphatic heterocycles. The third kappa shape index (κ3) is 4.39. The Bertz CT molecular complexity index is 1310. The number of rotatable bonds is 6. The fraction of sp³-hybridized carbons (Fsp3) is 0.241. The van der Waals surface area contributed by atoms with Gasteiger partial charge in [-0.05, 0) is 72.0 Å². The summed E-state index contributed by atoms with van der Waals surface area (Å²) in [5, 5.41) is 11.4. The van der Waals surface area contributed by atoms with Crippen LogP contribution in [0, 0.1) is 6.92 Å². The summed E-state index contributed by atoms with van der Waals surface area (Å²) in [5.41, 5.74) is 3.62. The second kappa shape index (κ2) is 9.66. The van der Waals surface area contributed by atoms with Crippen molar-refractivity contribution in [3.05, 3.63) is 94.6 Å². The number of Topliss-reactive ketones (excluding diaryl/α,β-unsaturated/α-hetero) is 1. The number of aryl methyl sites for hydroxylation is 1. The number of carbonyl (C=O) groups excluding carboxylic acids is 2. The van der Waals surface area contributed by atoms with Crippen molar-refractivity contribution >= 4 is 23.1 Å². The first-order chi connectivity index (χ1) is 16.8. The first kappa shape index (κ1) is 24.1. The van der Waals surface area contributed by atoms with E-state index in [9.17, 15) is 14.7 Å². The highest BCUT2D eigenvalue weighted by Gasteiger charge is 2.47. The van der Waals surface area contributed by atoms with Crippen LogP contribution in [0.5, 0.6) is 11.5 Å². The minimum atomic E-state index is -0.799. The number of carbonyl (C=O) groups is 2. The molecule has 1 N–H and O–H groups in total. The first-order valence-electron chi connectivity index (χ1n) is 11.5. The molecule has 1 saturated heterocycles. The predicted octanol–water partition coefficient (Wildman–Crippen LogP) is 5.76. The Kier molecular flexibility index (Phi) is 6.65. The Hall–Kier alpha value is -4.06. The number of aliphatic hydroxyl groups excluding tert-OH is 1. The summed E-state index contributed by atoms with van der Waals surface area (Å²) in [5.74, 6) is -0.155. The minimum absolute atomic E-state index is 0.0431. The second-order valence-corrected chi connectivity index (χ2v) is 8.89. The molecule has 3 aromatic rings. The van der Waals surface area contributed by atoms with E-state index in [1.165, 1.54) is 4.90 Å². The molecule has 180 valence electrons. The van der Waals surface area contributed by atoms with E-state index in [1.54, 1.807) is 56.7 Å². The number of benzene rings is 3. The number of aliphatic hydroxyl groups is 1. The van der Waals surface area contributed by atoms with Gasteiger partial charge in [0.2, 0.25) is 0 Å². The maximum Gasteiger partial charge on any atom is 0.300 e. The second-order valence-electron chi connectivity index (χ2n) is 8.89. The van der Waals surface area contributed by atoms with E-state index in [0.717, 1.165) is 11.1 Å². The smallest absolute Gasteiger partial charge is 0.300 e. The Labute approximate surface area is 205 Å². The summed E-state index contributed by atoms with van der Waals surface area (Å²) in [7, 11) is 3.17. The van der Waals surface area contributed by atoms with Crippen LogP contribution in [0.25, 0.3) is 5.76 Å². The van der Waals surface area contributed by atoms with Gasteiger partial charge in [0, 0.05) is 11.3 Å². The fourth-order valence-electron chi connectivity index (χ4n) is 4.47. The van der Waals surface area contributed by atoms with Gasteiger partial charge in [-0.25, -0.2) is 0 Å². The molecule has 0 aliphatic carbocycles. The van der Waals surface area contributed by atoms with Crippen LogP contribution in [0.2, 0.25) is 0 Å². The number of methoxy groups -OCH3 is 2. The van der Waals surface area contributed by atoms with Gasteiger partial charge in [-0.3, -0.25) is 14.5 Å². The van der Waals surface area contributed by atoms with Crippen LogP contribution in [0.4, 0.5) is 5.69 Å². The highest BCUT2D eigenvalue weighted by atomic mass is 16.5. The molecule has 0 saturated carbocycles. The third-order valence-electron chi connectivity index (χ3n) is 6.28. The van der Waals surface area contributed by atoms with Crippen molar-refractivity contribution in [3.8, 4) is 11.5 Å². The van der Waals surface area contributed by atoms with E-state index in [0.29, 0.717) is 28.3 Å². The van der Waals surface area contributed by atoms with Crippen molar-refractivity contribution in [3.63, 3.8) is 0 Å². The predicted molar refractivity (Wildman–Crippen MR) is 136 cm³/mol. The maximum absolute atomic E-state index is 13.4. The number of nitrogens with zero attached hydrogens (tertiary/aromatic N) is 1. The van der Waals surface area contributed by atoms with Crippen LogP contribution < -0.4 is 14.4 Å². The summed E-state index contributed by atoms with van der Waals surface area (Å²) >= 11 is 0. The molecule has 1 amide bonds. The SMILES string of the molecule is COc1ccc(C2/C(=C(/O)c3ccc(OC)c(C(C)C)c3)C(=O)C(=O)N2c2cccc(C)c2)cc1. The van der Waals surface area contributed by atoms with Crippen molar-refractivity contribution < 1.29 is 24.2 Å². The highest BCUT2D eigenvalue weighted by Crippen LogP contribution is 2.43. The molecule has 1 atom stereocenters. The van der Waals surface area contributed by atoms with Crippen molar-refractivity contribution in [1.82, 2.24) is 0 Å². The molecule has 1 heterocycles. The van der Waals surface area contributed by atoms with E-state index in [2.05, 4.69) is 0 Å². The molecule has 1 aliphatic rings. The van der Waals surface area contributed by atoms with Gasteiger partial charge < -0.3 is 14.6 Å². The number of hydrogen-bond acceptors (Lipinski definition) is 5. The molecule has 35 heavy (non-hydrogen) atoms. The van der Waals surface area contributed by atoms with Crippen LogP contribution in [0.3, 0.4) is 0 Å². The molecular formula is C29H29NO5. The number of ether oxygens (including phenoxy) is 2. The van der Waals surface area contributed by atoms with Crippen LogP contribution in [-0.4, -0.2) is 31.0 Å². The summed E-state index contributed by atoms with van der Waals surface area (Å²) in [6.45, 7) is 5.97. The molecule has 6 heteroatoms. The number of hydrogen-bond donors (Lipinski definition) is 1. The van der Waals surface area contributed by atoms with Gasteiger partial charge in [-0.15, -0.1) is 0 Å². The van der Waals surface area contributed by atoms with Crippen LogP contribution >= 0.6 is 0 Å². The normalized spacial score (nSPS) is 17.2. The molecule has 1 fully saturated rings. The lowest BCUT2D eigenvalue weighted by molar-refractivity contribution is -0.132. The number of ketones is 1. The molecule has 0 bridgehead atoms. The molecular weight excluding hydrogens is 442 g/mol. The molecule has 0 radical (unpaired) electrons. The van der Waals surface area contributed by atoms with Crippen LogP contribution in [0.15, 0.2) is 72.3 Å². The van der Waals surface area contributed by atoms with Gasteiger partial charge in [0.05, 0.1) is 25.8 Å². The quantitative estimate of drug-likeness (QED) is 0.281. The molecule has 3 aromatic carbocycles. The van der Waals surface area contributed by atoms with Crippen molar-refractivity contribution in [2.24, 2.45) is 0 Å². The lowest BCUT2D eigenvalue weighted by Crippen LogP contribution is -2.29. The molecule has 6 nitrogen and oxygen atoms in total. The van der Waals surface area contributed by atoms with Gasteiger partial charge in [0.25, 0.3) is 11.7 Å². The van der Waals surface area contributed by atoms with E-state index < -0.39 is 17.7 Å². The standard InChI is InChI=1S/C29H29NO5/c1-17(2)23-16-20(11-14-24(23)35-5)27(31)25-26(19-9-12-22(34-4)13-10-19)30(29(33)28(25)32)21-8-6-7-18(3)15-21/h6-17,26,31H,1-5H3/b27-25-. The largest absolute Gasteiger partial charge is 0.507 e. The Morgan fingerprint density at radius 2 is 1.66 bits per heavy atom. The zero-order chi connectivity index (χ0) is 25.3. The van der Waals surface area contributed by atoms with E-state index in [4.69, 9.17) is 9.47 Å². The summed E-state index contributed by atoms with van der Waals surface area (Å²) in [6.07, 6.45) is 0. The average molecular weight is 472 g/mol. The summed E-state index contributed by atoms with van der Waals surface area (Å²) in [6, 6.07) is 19.0. The van der Waals surface area contributed by atoms with E-state index in [1.807, 2.05) is 45.0 Å². The van der Waals surface area contributed by atoms with Gasteiger partial charge in [-0.1, -0.05) is 38.1 Å². The first-order valence-corrected chi connectivity index (χ1v) is 11.5. The summed E-state index contributed by atoms with van der Waals surface area (Å²) < 4.78 is 10.7. The highest BCUT2D eigenvalue weighted by molar-refractivity contribution is 6.51. The van der Waals surface area contributed by atoms with Gasteiger partial charge in [0.1, 0.15) is 17.3 Å². The third-order valence-corrected chi connectivity index (χ3v) is 6.28. The topological polar surface area (TPSA) is 76.1 Å².